The van der Waals surface area contributed by atoms with Gasteiger partial charge >= 0.3 is 6.09 Å². The van der Waals surface area contributed by atoms with E-state index in [1.54, 1.807) is 20.8 Å². The van der Waals surface area contributed by atoms with Crippen molar-refractivity contribution in [3.05, 3.63) is 33.8 Å². The predicted molar refractivity (Wildman–Crippen MR) is 113 cm³/mol. The largest absolute Gasteiger partial charge is 0.444 e. The molecule has 2 bridgehead atoms. The summed E-state index contributed by atoms with van der Waals surface area (Å²) in [5, 5.41) is 0. The fourth-order valence-corrected chi connectivity index (χ4v) is 5.59. The zero-order valence-corrected chi connectivity index (χ0v) is 19.8. The maximum Gasteiger partial charge on any atom is 0.410 e. The van der Waals surface area contributed by atoms with Crippen molar-refractivity contribution < 1.29 is 26.7 Å². The second-order valence-electron chi connectivity index (χ2n) is 8.95. The summed E-state index contributed by atoms with van der Waals surface area (Å²) in [6, 6.07) is 0.701. The molecule has 1 N–H and O–H groups in total. The van der Waals surface area contributed by atoms with E-state index in [0.717, 1.165) is 12.1 Å². The van der Waals surface area contributed by atoms with Crippen LogP contribution in [-0.2, 0) is 21.2 Å². The van der Waals surface area contributed by atoms with Gasteiger partial charge in [0.1, 0.15) is 17.2 Å². The zero-order chi connectivity index (χ0) is 22.4. The van der Waals surface area contributed by atoms with Gasteiger partial charge in [-0.2, -0.15) is 0 Å². The third-order valence-electron chi connectivity index (χ3n) is 5.62. The standard InChI is InChI=1S/C20H27BrF2N2O4S/c1-5-30(27,28)24-18-12-7-14(8-12)25(19(26)29-20(2,3)4)16(18)9-11-6-13(22)10-15(21)17(11)23/h6,10,12,14,16,18,24H,5,7-9H2,1-4H3. The average Bonchev–Trinajstić information content (AvgIpc) is 2.57. The maximum atomic E-state index is 14.7. The lowest BCUT2D eigenvalue weighted by molar-refractivity contribution is -0.0652. The van der Waals surface area contributed by atoms with Crippen molar-refractivity contribution in [2.45, 2.75) is 70.7 Å². The highest BCUT2D eigenvalue weighted by molar-refractivity contribution is 9.10. The smallest absolute Gasteiger partial charge is 0.410 e. The van der Waals surface area contributed by atoms with Crippen LogP contribution in [-0.4, -0.2) is 48.9 Å². The summed E-state index contributed by atoms with van der Waals surface area (Å²) >= 11 is 3.01. The first-order valence-corrected chi connectivity index (χ1v) is 12.4. The van der Waals surface area contributed by atoms with E-state index in [-0.39, 0.29) is 34.2 Å². The SMILES string of the molecule is CCS(=O)(=O)NC1C2CC(C2)N(C(=O)OC(C)(C)C)C1Cc1cc(F)cc(Br)c1F. The quantitative estimate of drug-likeness (QED) is 0.610. The van der Waals surface area contributed by atoms with Gasteiger partial charge in [0.05, 0.1) is 16.3 Å². The summed E-state index contributed by atoms with van der Waals surface area (Å²) < 4.78 is 61.5. The molecule has 168 valence electrons. The predicted octanol–water partition coefficient (Wildman–Crippen LogP) is 3.98. The molecule has 2 unspecified atom stereocenters. The molecule has 1 aromatic rings. The number of fused-ring (bicyclic) bond motifs is 2. The van der Waals surface area contributed by atoms with Gasteiger partial charge in [-0.1, -0.05) is 0 Å². The fraction of sp³-hybridized carbons (Fsp3) is 0.650. The van der Waals surface area contributed by atoms with Gasteiger partial charge in [0.15, 0.2) is 0 Å². The van der Waals surface area contributed by atoms with E-state index < -0.39 is 45.4 Å². The number of ether oxygens (including phenoxy) is 1. The first kappa shape index (κ1) is 23.4. The highest BCUT2D eigenvalue weighted by Gasteiger charge is 2.54. The molecule has 1 saturated carbocycles. The average molecular weight is 509 g/mol. The van der Waals surface area contributed by atoms with Gasteiger partial charge in [0.2, 0.25) is 10.0 Å². The first-order valence-electron chi connectivity index (χ1n) is 9.96. The Bertz CT molecular complexity index is 929. The molecule has 3 fully saturated rings. The summed E-state index contributed by atoms with van der Waals surface area (Å²) in [5.74, 6) is -1.33. The molecule has 0 radical (unpaired) electrons. The summed E-state index contributed by atoms with van der Waals surface area (Å²) in [6.45, 7) is 6.76. The number of carbonyl (C=O) groups excluding carboxylic acids is 1. The third-order valence-corrected chi connectivity index (χ3v) is 7.59. The monoisotopic (exact) mass is 508 g/mol. The number of nitrogens with zero attached hydrogens (tertiary/aromatic N) is 1. The Morgan fingerprint density at radius 2 is 1.93 bits per heavy atom. The third kappa shape index (κ3) is 4.96. The normalized spacial score (nSPS) is 26.3. The molecule has 0 spiro atoms. The zero-order valence-electron chi connectivity index (χ0n) is 17.4. The van der Waals surface area contributed by atoms with Gasteiger partial charge in [-0.05, 0) is 86.5 Å². The molecule has 6 nitrogen and oxygen atoms in total. The number of piperidine rings is 2. The summed E-state index contributed by atoms with van der Waals surface area (Å²) in [7, 11) is -3.57. The van der Waals surface area contributed by atoms with Crippen molar-refractivity contribution in [1.82, 2.24) is 9.62 Å². The minimum Gasteiger partial charge on any atom is -0.444 e. The van der Waals surface area contributed by atoms with E-state index in [0.29, 0.717) is 12.8 Å². The Morgan fingerprint density at radius 3 is 2.50 bits per heavy atom. The second-order valence-corrected chi connectivity index (χ2v) is 11.8. The Labute approximate surface area is 184 Å². The highest BCUT2D eigenvalue weighted by Crippen LogP contribution is 2.45. The van der Waals surface area contributed by atoms with Crippen LogP contribution in [0, 0.1) is 17.6 Å². The van der Waals surface area contributed by atoms with Crippen LogP contribution in [0.2, 0.25) is 0 Å². The number of nitrogens with one attached hydrogen (secondary N) is 1. The molecule has 30 heavy (non-hydrogen) atoms. The molecule has 1 amide bonds. The van der Waals surface area contributed by atoms with Gasteiger partial charge in [-0.3, -0.25) is 0 Å². The molecular weight excluding hydrogens is 482 g/mol. The summed E-state index contributed by atoms with van der Waals surface area (Å²) in [5.41, 5.74) is -0.671. The van der Waals surface area contributed by atoms with E-state index in [9.17, 15) is 22.0 Å². The van der Waals surface area contributed by atoms with Crippen LogP contribution in [0.15, 0.2) is 16.6 Å². The van der Waals surface area contributed by atoms with Gasteiger partial charge < -0.3 is 9.64 Å². The topological polar surface area (TPSA) is 75.7 Å². The van der Waals surface area contributed by atoms with E-state index in [2.05, 4.69) is 20.7 Å². The number of hydrogen-bond acceptors (Lipinski definition) is 4. The number of sulfonamides is 1. The van der Waals surface area contributed by atoms with Crippen LogP contribution in [0.25, 0.3) is 0 Å². The molecule has 1 aliphatic carbocycles. The van der Waals surface area contributed by atoms with Crippen LogP contribution in [0.1, 0.15) is 46.1 Å². The molecular formula is C20H27BrF2N2O4S. The Balaban J connectivity index is 1.99. The molecule has 2 atom stereocenters. The number of carbonyl (C=O) groups is 1. The highest BCUT2D eigenvalue weighted by atomic mass is 79.9. The Hall–Kier alpha value is -1.26. The summed E-state index contributed by atoms with van der Waals surface area (Å²) in [6.07, 6.45) is 0.669. The number of benzene rings is 1. The molecule has 1 aromatic carbocycles. The molecule has 2 saturated heterocycles. The van der Waals surface area contributed by atoms with Crippen LogP contribution in [0.5, 0.6) is 0 Å². The van der Waals surface area contributed by atoms with Crippen LogP contribution in [0.3, 0.4) is 0 Å². The Morgan fingerprint density at radius 1 is 1.30 bits per heavy atom. The fourth-order valence-electron chi connectivity index (χ4n) is 4.18. The van der Waals surface area contributed by atoms with Crippen molar-refractivity contribution >= 4 is 32.0 Å². The van der Waals surface area contributed by atoms with E-state index in [4.69, 9.17) is 4.74 Å². The van der Waals surface area contributed by atoms with Crippen molar-refractivity contribution in [2.24, 2.45) is 5.92 Å². The van der Waals surface area contributed by atoms with Crippen molar-refractivity contribution in [2.75, 3.05) is 5.75 Å². The summed E-state index contributed by atoms with van der Waals surface area (Å²) in [4.78, 5) is 14.5. The van der Waals surface area contributed by atoms with E-state index in [1.807, 2.05) is 0 Å². The van der Waals surface area contributed by atoms with Crippen LogP contribution < -0.4 is 4.72 Å². The maximum absolute atomic E-state index is 14.7. The van der Waals surface area contributed by atoms with Gasteiger partial charge in [-0.25, -0.2) is 26.7 Å². The lowest BCUT2D eigenvalue weighted by atomic mass is 9.67. The number of amides is 1. The van der Waals surface area contributed by atoms with Crippen LogP contribution >= 0.6 is 15.9 Å². The molecule has 4 rings (SSSR count). The number of hydrogen-bond donors (Lipinski definition) is 1. The number of rotatable bonds is 5. The molecule has 3 aliphatic rings. The van der Waals surface area contributed by atoms with E-state index >= 15 is 0 Å². The van der Waals surface area contributed by atoms with Crippen molar-refractivity contribution in [3.63, 3.8) is 0 Å². The molecule has 2 heterocycles. The molecule has 2 aliphatic heterocycles. The number of halogens is 3. The van der Waals surface area contributed by atoms with Gasteiger partial charge in [0.25, 0.3) is 0 Å². The van der Waals surface area contributed by atoms with Crippen molar-refractivity contribution in [3.8, 4) is 0 Å². The minimum absolute atomic E-state index is 0.0204. The lowest BCUT2D eigenvalue weighted by Crippen LogP contribution is -2.70. The lowest BCUT2D eigenvalue weighted by Gasteiger charge is -2.57. The van der Waals surface area contributed by atoms with Gasteiger partial charge in [-0.15, -0.1) is 0 Å². The van der Waals surface area contributed by atoms with Crippen molar-refractivity contribution in [1.29, 1.82) is 0 Å². The molecule has 10 heteroatoms. The first-order chi connectivity index (χ1) is 13.8. The van der Waals surface area contributed by atoms with E-state index in [1.165, 1.54) is 11.8 Å². The Kier molecular flexibility index (Phi) is 6.51. The van der Waals surface area contributed by atoms with Gasteiger partial charge in [0, 0.05) is 12.1 Å². The minimum atomic E-state index is -3.57. The van der Waals surface area contributed by atoms with Crippen LogP contribution in [0.4, 0.5) is 13.6 Å². The molecule has 0 aromatic heterocycles. The second kappa shape index (κ2) is 8.35.